The van der Waals surface area contributed by atoms with Crippen LogP contribution < -0.4 is 10.7 Å². The van der Waals surface area contributed by atoms with E-state index in [4.69, 9.17) is 9.47 Å². The molecule has 3 unspecified atom stereocenters. The van der Waals surface area contributed by atoms with Gasteiger partial charge in [0.1, 0.15) is 5.84 Å². The molecule has 7 nitrogen and oxygen atoms in total. The van der Waals surface area contributed by atoms with Gasteiger partial charge in [0.15, 0.2) is 18.7 Å². The summed E-state index contributed by atoms with van der Waals surface area (Å²) in [6, 6.07) is 9.80. The van der Waals surface area contributed by atoms with Gasteiger partial charge in [0.2, 0.25) is 0 Å². The highest BCUT2D eigenvalue weighted by Gasteiger charge is 2.38. The van der Waals surface area contributed by atoms with Gasteiger partial charge in [-0.15, -0.1) is 0 Å². The van der Waals surface area contributed by atoms with Gasteiger partial charge in [-0.05, 0) is 29.3 Å². The number of carbonyl (C=O) groups is 1. The third kappa shape index (κ3) is 6.15. The molecule has 3 atom stereocenters. The number of nitrogens with zero attached hydrogens (tertiary/aromatic N) is 2. The molecule has 2 aliphatic heterocycles. The van der Waals surface area contributed by atoms with E-state index in [0.29, 0.717) is 30.8 Å². The lowest BCUT2D eigenvalue weighted by molar-refractivity contribution is -0.214. The molecule has 0 spiro atoms. The predicted octanol–water partition coefficient (Wildman–Crippen LogP) is 3.67. The molecule has 2 aromatic rings. The smallest absolute Gasteiger partial charge is 0.349 e. The maximum Gasteiger partial charge on any atom is 0.416 e. The van der Waals surface area contributed by atoms with Crippen LogP contribution in [0.3, 0.4) is 0 Å². The van der Waals surface area contributed by atoms with Gasteiger partial charge >= 0.3 is 12.4 Å². The lowest BCUT2D eigenvalue weighted by Crippen LogP contribution is -2.50. The Morgan fingerprint density at radius 1 is 1.06 bits per heavy atom. The maximum atomic E-state index is 13.2. The van der Waals surface area contributed by atoms with Crippen LogP contribution >= 0.6 is 0 Å². The molecule has 2 N–H and O–H groups in total. The quantitative estimate of drug-likeness (QED) is 0.432. The van der Waals surface area contributed by atoms with E-state index in [1.54, 1.807) is 18.2 Å². The van der Waals surface area contributed by atoms with Gasteiger partial charge in [0.05, 0.1) is 36.9 Å². The average molecular weight is 516 g/mol. The first-order valence-corrected chi connectivity index (χ1v) is 10.9. The van der Waals surface area contributed by atoms with Crippen LogP contribution in [0.4, 0.5) is 26.3 Å². The fourth-order valence-electron chi connectivity index (χ4n) is 4.03. The lowest BCUT2D eigenvalue weighted by atomic mass is 10.0. The van der Waals surface area contributed by atoms with Crippen LogP contribution in [0, 0.1) is 0 Å². The molecular formula is C23H22F6N4O3. The standard InChI is InChI=1S/C23H22F6N4O3/c24-22(25,26)16-8-14(9-17(10-16)23(27,28)29)13-36-21-20(15-4-2-1-3-5-15)33(6-7-35-21)11-18-30-19(12-34)32-31-18/h1-5,8-10,12,19-21,32H,6-7,11,13H2,(H,30,31). The minimum Gasteiger partial charge on any atom is -0.349 e. The van der Waals surface area contributed by atoms with Crippen molar-refractivity contribution in [1.82, 2.24) is 15.6 Å². The van der Waals surface area contributed by atoms with Crippen molar-refractivity contribution >= 4 is 12.1 Å². The Bertz CT molecular complexity index is 1060. The summed E-state index contributed by atoms with van der Waals surface area (Å²) < 4.78 is 90.9. The van der Waals surface area contributed by atoms with Crippen molar-refractivity contribution in [2.75, 3.05) is 19.7 Å². The molecule has 2 aliphatic rings. The number of aldehydes is 1. The predicted molar refractivity (Wildman–Crippen MR) is 115 cm³/mol. The van der Waals surface area contributed by atoms with E-state index in [9.17, 15) is 31.1 Å². The van der Waals surface area contributed by atoms with Gasteiger partial charge in [-0.2, -0.15) is 31.4 Å². The van der Waals surface area contributed by atoms with E-state index in [1.807, 2.05) is 17.0 Å². The van der Waals surface area contributed by atoms with Crippen LogP contribution in [0.25, 0.3) is 0 Å². The topological polar surface area (TPSA) is 75.2 Å². The van der Waals surface area contributed by atoms with E-state index < -0.39 is 48.6 Å². The third-order valence-corrected chi connectivity index (χ3v) is 5.66. The highest BCUT2D eigenvalue weighted by Crippen LogP contribution is 2.37. The normalized spacial score (nSPS) is 23.1. The van der Waals surface area contributed by atoms with E-state index in [-0.39, 0.29) is 24.8 Å². The highest BCUT2D eigenvalue weighted by molar-refractivity contribution is 5.88. The summed E-state index contributed by atoms with van der Waals surface area (Å²) in [5.74, 6) is 0.487. The molecule has 0 aliphatic carbocycles. The van der Waals surface area contributed by atoms with Gasteiger partial charge in [0, 0.05) is 6.54 Å². The molecule has 36 heavy (non-hydrogen) atoms. The number of halogens is 6. The molecule has 0 radical (unpaired) electrons. The lowest BCUT2D eigenvalue weighted by Gasteiger charge is -2.41. The van der Waals surface area contributed by atoms with Gasteiger partial charge in [0.25, 0.3) is 0 Å². The Balaban J connectivity index is 1.57. The number of nitrogens with one attached hydrogen (secondary N) is 2. The van der Waals surface area contributed by atoms with Crippen LogP contribution in [-0.2, 0) is 33.2 Å². The zero-order chi connectivity index (χ0) is 25.9. The molecule has 1 fully saturated rings. The number of hydrogen-bond donors (Lipinski definition) is 2. The number of alkyl halides is 6. The van der Waals surface area contributed by atoms with Crippen molar-refractivity contribution < 1.29 is 40.6 Å². The van der Waals surface area contributed by atoms with Gasteiger partial charge in [-0.3, -0.25) is 15.1 Å². The fourth-order valence-corrected chi connectivity index (χ4v) is 4.03. The largest absolute Gasteiger partial charge is 0.416 e. The van der Waals surface area contributed by atoms with Crippen LogP contribution in [0.5, 0.6) is 0 Å². The Kier molecular flexibility index (Phi) is 7.52. The van der Waals surface area contributed by atoms with E-state index in [0.717, 1.165) is 5.56 Å². The van der Waals surface area contributed by atoms with E-state index in [2.05, 4.69) is 15.8 Å². The first kappa shape index (κ1) is 25.9. The monoisotopic (exact) mass is 516 g/mol. The molecule has 0 amide bonds. The van der Waals surface area contributed by atoms with Crippen molar-refractivity contribution in [2.24, 2.45) is 5.10 Å². The SMILES string of the molecule is O=CC1NN=C(CN2CCOC(OCc3cc(C(F)(F)F)cc(C(F)(F)F)c3)C2c2ccccc2)N1. The van der Waals surface area contributed by atoms with Crippen molar-refractivity contribution in [2.45, 2.75) is 37.5 Å². The molecule has 194 valence electrons. The first-order valence-electron chi connectivity index (χ1n) is 10.9. The number of rotatable bonds is 7. The summed E-state index contributed by atoms with van der Waals surface area (Å²) in [4.78, 5) is 12.9. The summed E-state index contributed by atoms with van der Waals surface area (Å²) in [6.07, 6.45) is -10.9. The molecule has 4 rings (SSSR count). The maximum absolute atomic E-state index is 13.2. The van der Waals surface area contributed by atoms with Crippen LogP contribution in [-0.4, -0.2) is 49.2 Å². The molecular weight excluding hydrogens is 494 g/mol. The zero-order valence-corrected chi connectivity index (χ0v) is 18.6. The molecule has 2 aromatic carbocycles. The number of carbonyl (C=O) groups excluding carboxylic acids is 1. The summed E-state index contributed by atoms with van der Waals surface area (Å²) in [5.41, 5.74) is 0.281. The number of hydrogen-bond acceptors (Lipinski definition) is 7. The summed E-state index contributed by atoms with van der Waals surface area (Å²) in [5, 5.41) is 6.99. The molecule has 0 aromatic heterocycles. The number of hydrazone groups is 1. The number of benzene rings is 2. The van der Waals surface area contributed by atoms with E-state index >= 15 is 0 Å². The average Bonchev–Trinajstić information content (AvgIpc) is 3.29. The van der Waals surface area contributed by atoms with Crippen molar-refractivity contribution in [3.05, 3.63) is 70.8 Å². The molecule has 13 heteroatoms. The summed E-state index contributed by atoms with van der Waals surface area (Å²) >= 11 is 0. The molecule has 2 heterocycles. The molecule has 0 bridgehead atoms. The third-order valence-electron chi connectivity index (χ3n) is 5.66. The summed E-state index contributed by atoms with van der Waals surface area (Å²) in [6.45, 7) is 0.362. The minimum atomic E-state index is -4.96. The second-order valence-electron chi connectivity index (χ2n) is 8.24. The number of amidine groups is 1. The Morgan fingerprint density at radius 3 is 2.31 bits per heavy atom. The van der Waals surface area contributed by atoms with Crippen LogP contribution in [0.15, 0.2) is 53.6 Å². The van der Waals surface area contributed by atoms with Gasteiger partial charge < -0.3 is 14.8 Å². The van der Waals surface area contributed by atoms with Crippen LogP contribution in [0.2, 0.25) is 0 Å². The minimum absolute atomic E-state index is 0.0745. The second-order valence-corrected chi connectivity index (χ2v) is 8.24. The number of ether oxygens (including phenoxy) is 2. The molecule has 1 saturated heterocycles. The van der Waals surface area contributed by atoms with Crippen molar-refractivity contribution in [1.29, 1.82) is 0 Å². The van der Waals surface area contributed by atoms with Crippen LogP contribution in [0.1, 0.15) is 28.3 Å². The fraction of sp³-hybridized carbons (Fsp3) is 0.391. The number of morpholine rings is 1. The summed E-state index contributed by atoms with van der Waals surface area (Å²) in [7, 11) is 0. The molecule has 0 saturated carbocycles. The Morgan fingerprint density at radius 2 is 1.72 bits per heavy atom. The first-order chi connectivity index (χ1) is 17.0. The Labute approximate surface area is 202 Å². The van der Waals surface area contributed by atoms with Crippen molar-refractivity contribution in [3.63, 3.8) is 0 Å². The Hall–Kier alpha value is -3.16. The second kappa shape index (κ2) is 10.4. The highest BCUT2D eigenvalue weighted by atomic mass is 19.4. The van der Waals surface area contributed by atoms with Crippen molar-refractivity contribution in [3.8, 4) is 0 Å². The van der Waals surface area contributed by atoms with E-state index in [1.165, 1.54) is 0 Å². The van der Waals surface area contributed by atoms with Gasteiger partial charge in [-0.1, -0.05) is 30.3 Å². The van der Waals surface area contributed by atoms with Gasteiger partial charge in [-0.25, -0.2) is 0 Å². The zero-order valence-electron chi connectivity index (χ0n) is 18.6.